The van der Waals surface area contributed by atoms with Gasteiger partial charge >= 0.3 is 0 Å². The number of aryl methyl sites for hydroxylation is 1. The highest BCUT2D eigenvalue weighted by atomic mass is 16.1. The Balaban J connectivity index is 2.74. The number of carbonyl (C=O) groups excluding carboxylic acids is 1. The van der Waals surface area contributed by atoms with E-state index in [-0.39, 0.29) is 23.7 Å². The topological polar surface area (TPSA) is 87.2 Å². The molecule has 2 N–H and O–H groups in total. The number of anilines is 1. The minimum absolute atomic E-state index is 0.0359. The van der Waals surface area contributed by atoms with Crippen LogP contribution in [0.4, 0.5) is 5.95 Å². The Bertz CT molecular complexity index is 476. The maximum atomic E-state index is 11.1. The molecule has 0 bridgehead atoms. The van der Waals surface area contributed by atoms with E-state index >= 15 is 0 Å². The van der Waals surface area contributed by atoms with Crippen molar-refractivity contribution < 1.29 is 4.79 Å². The van der Waals surface area contributed by atoms with Crippen LogP contribution >= 0.6 is 0 Å². The smallest absolute Gasteiger partial charge is 0.252 e. The first-order valence-corrected chi connectivity index (χ1v) is 4.84. The Morgan fingerprint density at radius 2 is 2.25 bits per heavy atom. The molecule has 0 amide bonds. The van der Waals surface area contributed by atoms with E-state index in [0.717, 1.165) is 0 Å². The number of hydrazone groups is 1. The zero-order chi connectivity index (χ0) is 12.1. The predicted octanol–water partition coefficient (Wildman–Crippen LogP) is 0.845. The number of rotatable bonds is 4. The third kappa shape index (κ3) is 4.04. The second-order valence-electron chi connectivity index (χ2n) is 3.57. The minimum atomic E-state index is -0.241. The van der Waals surface area contributed by atoms with Crippen molar-refractivity contribution in [3.63, 3.8) is 0 Å². The van der Waals surface area contributed by atoms with Gasteiger partial charge in [0.15, 0.2) is 0 Å². The summed E-state index contributed by atoms with van der Waals surface area (Å²) in [7, 11) is 0. The summed E-state index contributed by atoms with van der Waals surface area (Å²) in [5, 5.41) is 3.93. The fraction of sp³-hybridized carbons (Fsp3) is 0.400. The second kappa shape index (κ2) is 5.20. The molecule has 1 aromatic heterocycles. The standard InChI is InChI=1S/C10H14N4O2/c1-6-5-9(16)12-10(11-6)14-13-7(2)4-8(3)15/h5H,4H2,1-3H3,(H2,11,12,14,16). The summed E-state index contributed by atoms with van der Waals surface area (Å²) in [5.41, 5.74) is 3.60. The number of hydrogen-bond donors (Lipinski definition) is 2. The van der Waals surface area contributed by atoms with Gasteiger partial charge in [0.25, 0.3) is 5.56 Å². The lowest BCUT2D eigenvalue weighted by atomic mass is 10.2. The van der Waals surface area contributed by atoms with Crippen molar-refractivity contribution in [1.82, 2.24) is 9.97 Å². The van der Waals surface area contributed by atoms with Crippen LogP contribution in [0.25, 0.3) is 0 Å². The normalized spacial score (nSPS) is 11.3. The quantitative estimate of drug-likeness (QED) is 0.584. The monoisotopic (exact) mass is 222 g/mol. The van der Waals surface area contributed by atoms with Crippen molar-refractivity contribution in [2.45, 2.75) is 27.2 Å². The number of aromatic nitrogens is 2. The van der Waals surface area contributed by atoms with Crippen LogP contribution in [0.2, 0.25) is 0 Å². The molecule has 0 saturated carbocycles. The molecule has 16 heavy (non-hydrogen) atoms. The summed E-state index contributed by atoms with van der Waals surface area (Å²) in [6, 6.07) is 1.39. The van der Waals surface area contributed by atoms with Crippen LogP contribution in [0.3, 0.4) is 0 Å². The van der Waals surface area contributed by atoms with Gasteiger partial charge < -0.3 is 0 Å². The zero-order valence-electron chi connectivity index (χ0n) is 9.50. The third-order valence-corrected chi connectivity index (χ3v) is 1.73. The lowest BCUT2D eigenvalue weighted by molar-refractivity contribution is -0.115. The van der Waals surface area contributed by atoms with Crippen LogP contribution in [-0.2, 0) is 4.79 Å². The van der Waals surface area contributed by atoms with E-state index in [2.05, 4.69) is 20.5 Å². The van der Waals surface area contributed by atoms with Gasteiger partial charge in [-0.15, -0.1) is 0 Å². The van der Waals surface area contributed by atoms with E-state index in [1.807, 2.05) is 0 Å². The molecule has 6 heteroatoms. The highest BCUT2D eigenvalue weighted by molar-refractivity contribution is 5.99. The fourth-order valence-corrected chi connectivity index (χ4v) is 1.18. The molecular weight excluding hydrogens is 208 g/mol. The van der Waals surface area contributed by atoms with Crippen molar-refractivity contribution in [2.24, 2.45) is 5.10 Å². The molecule has 0 radical (unpaired) electrons. The van der Waals surface area contributed by atoms with Crippen LogP contribution in [0, 0.1) is 6.92 Å². The third-order valence-electron chi connectivity index (χ3n) is 1.73. The number of nitrogens with zero attached hydrogens (tertiary/aromatic N) is 2. The average molecular weight is 222 g/mol. The molecule has 6 nitrogen and oxygen atoms in total. The molecule has 0 aliphatic carbocycles. The summed E-state index contributed by atoms with van der Waals surface area (Å²) in [6.45, 7) is 4.93. The van der Waals surface area contributed by atoms with Gasteiger partial charge in [-0.3, -0.25) is 14.6 Å². The molecular formula is C10H14N4O2. The Morgan fingerprint density at radius 1 is 1.56 bits per heavy atom. The number of aromatic amines is 1. The lowest BCUT2D eigenvalue weighted by Crippen LogP contribution is -2.11. The Labute approximate surface area is 92.8 Å². The Morgan fingerprint density at radius 3 is 2.81 bits per heavy atom. The molecule has 0 spiro atoms. The first-order valence-electron chi connectivity index (χ1n) is 4.84. The Kier molecular flexibility index (Phi) is 3.93. The summed E-state index contributed by atoms with van der Waals surface area (Å²) < 4.78 is 0. The predicted molar refractivity (Wildman–Crippen MR) is 61.6 cm³/mol. The number of nitrogens with one attached hydrogen (secondary N) is 2. The molecule has 1 rings (SSSR count). The van der Waals surface area contributed by atoms with Crippen LogP contribution in [0.5, 0.6) is 0 Å². The first kappa shape index (κ1) is 12.1. The number of hydrogen-bond acceptors (Lipinski definition) is 5. The van der Waals surface area contributed by atoms with E-state index in [0.29, 0.717) is 11.4 Å². The fourth-order valence-electron chi connectivity index (χ4n) is 1.18. The maximum absolute atomic E-state index is 11.1. The molecule has 0 atom stereocenters. The van der Waals surface area contributed by atoms with Crippen molar-refractivity contribution in [3.8, 4) is 0 Å². The zero-order valence-corrected chi connectivity index (χ0v) is 9.50. The van der Waals surface area contributed by atoms with Crippen molar-refractivity contribution in [3.05, 3.63) is 22.1 Å². The van der Waals surface area contributed by atoms with Gasteiger partial charge in [-0.05, 0) is 20.8 Å². The molecule has 0 aromatic carbocycles. The summed E-state index contributed by atoms with van der Waals surface area (Å²) in [4.78, 5) is 28.4. The van der Waals surface area contributed by atoms with Crippen LogP contribution in [0.1, 0.15) is 26.0 Å². The number of carbonyl (C=O) groups is 1. The van der Waals surface area contributed by atoms with Crippen LogP contribution in [0.15, 0.2) is 16.0 Å². The molecule has 0 saturated heterocycles. The largest absolute Gasteiger partial charge is 0.300 e. The maximum Gasteiger partial charge on any atom is 0.252 e. The average Bonchev–Trinajstić information content (AvgIpc) is 2.12. The molecule has 0 aliphatic heterocycles. The van der Waals surface area contributed by atoms with E-state index in [9.17, 15) is 9.59 Å². The SMILES string of the molecule is CC(=O)CC(C)=NNc1nc(C)cc(=O)[nH]1. The second-order valence-corrected chi connectivity index (χ2v) is 3.57. The van der Waals surface area contributed by atoms with Gasteiger partial charge in [-0.2, -0.15) is 5.10 Å². The molecule has 0 aliphatic rings. The molecule has 0 fully saturated rings. The Hall–Kier alpha value is -1.98. The van der Waals surface area contributed by atoms with Gasteiger partial charge in [0.1, 0.15) is 5.78 Å². The molecule has 0 unspecified atom stereocenters. The van der Waals surface area contributed by atoms with Crippen molar-refractivity contribution in [2.75, 3.05) is 5.43 Å². The molecule has 1 aromatic rings. The summed E-state index contributed by atoms with van der Waals surface area (Å²) in [6.07, 6.45) is 0.281. The van der Waals surface area contributed by atoms with E-state index in [4.69, 9.17) is 0 Å². The highest BCUT2D eigenvalue weighted by Gasteiger charge is 1.98. The summed E-state index contributed by atoms with van der Waals surface area (Å²) in [5.74, 6) is 0.307. The summed E-state index contributed by atoms with van der Waals surface area (Å²) >= 11 is 0. The lowest BCUT2D eigenvalue weighted by Gasteiger charge is -2.01. The van der Waals surface area contributed by atoms with Crippen LogP contribution < -0.4 is 11.0 Å². The number of Topliss-reactive ketones (excluding diaryl/α,β-unsaturated/α-hetero) is 1. The number of H-pyrrole nitrogens is 1. The van der Waals surface area contributed by atoms with E-state index in [1.54, 1.807) is 13.8 Å². The van der Waals surface area contributed by atoms with E-state index < -0.39 is 0 Å². The minimum Gasteiger partial charge on any atom is -0.300 e. The van der Waals surface area contributed by atoms with Gasteiger partial charge in [0, 0.05) is 23.9 Å². The van der Waals surface area contributed by atoms with Gasteiger partial charge in [0.2, 0.25) is 5.95 Å². The first-order chi connectivity index (χ1) is 7.47. The van der Waals surface area contributed by atoms with Gasteiger partial charge in [-0.1, -0.05) is 0 Å². The number of ketones is 1. The molecule has 86 valence electrons. The van der Waals surface area contributed by atoms with Crippen molar-refractivity contribution in [1.29, 1.82) is 0 Å². The van der Waals surface area contributed by atoms with Gasteiger partial charge in [0.05, 0.1) is 0 Å². The van der Waals surface area contributed by atoms with E-state index in [1.165, 1.54) is 13.0 Å². The van der Waals surface area contributed by atoms with Gasteiger partial charge in [-0.25, -0.2) is 10.4 Å². The molecule has 1 heterocycles. The van der Waals surface area contributed by atoms with Crippen LogP contribution in [-0.4, -0.2) is 21.5 Å². The van der Waals surface area contributed by atoms with Crippen molar-refractivity contribution >= 4 is 17.4 Å². The highest BCUT2D eigenvalue weighted by Crippen LogP contribution is 1.96.